The lowest BCUT2D eigenvalue weighted by atomic mass is 9.84. The standard InChI is InChI=1S/C16H24N2O/c1-11-8-14(10-15(17)9-11)16(19)18-12(2)13-6-4-3-5-7-13/h8-10,12-13H,3-7,17H2,1-2H3,(H,18,19). The van der Waals surface area contributed by atoms with Crippen molar-refractivity contribution in [2.45, 2.75) is 52.0 Å². The molecule has 0 heterocycles. The molecule has 1 aromatic rings. The van der Waals surface area contributed by atoms with E-state index in [0.29, 0.717) is 17.2 Å². The molecule has 2 rings (SSSR count). The second kappa shape index (κ2) is 6.09. The highest BCUT2D eigenvalue weighted by Gasteiger charge is 2.21. The van der Waals surface area contributed by atoms with Crippen molar-refractivity contribution in [2.24, 2.45) is 5.92 Å². The minimum atomic E-state index is -0.00604. The Morgan fingerprint density at radius 3 is 2.58 bits per heavy atom. The number of hydrogen-bond donors (Lipinski definition) is 2. The lowest BCUT2D eigenvalue weighted by Crippen LogP contribution is -2.38. The van der Waals surface area contributed by atoms with Gasteiger partial charge < -0.3 is 11.1 Å². The van der Waals surface area contributed by atoms with Gasteiger partial charge in [-0.3, -0.25) is 4.79 Å². The van der Waals surface area contributed by atoms with E-state index in [1.54, 1.807) is 6.07 Å². The van der Waals surface area contributed by atoms with Crippen LogP contribution in [-0.2, 0) is 0 Å². The van der Waals surface area contributed by atoms with Gasteiger partial charge in [-0.05, 0) is 56.4 Å². The van der Waals surface area contributed by atoms with E-state index >= 15 is 0 Å². The summed E-state index contributed by atoms with van der Waals surface area (Å²) in [5.41, 5.74) is 8.13. The summed E-state index contributed by atoms with van der Waals surface area (Å²) in [7, 11) is 0. The van der Waals surface area contributed by atoms with Crippen LogP contribution in [0.5, 0.6) is 0 Å². The van der Waals surface area contributed by atoms with E-state index in [-0.39, 0.29) is 11.9 Å². The van der Waals surface area contributed by atoms with Crippen molar-refractivity contribution in [3.63, 3.8) is 0 Å². The molecule has 1 atom stereocenters. The summed E-state index contributed by atoms with van der Waals surface area (Å²) in [6, 6.07) is 5.76. The quantitative estimate of drug-likeness (QED) is 0.819. The Labute approximate surface area is 115 Å². The van der Waals surface area contributed by atoms with Crippen LogP contribution in [-0.4, -0.2) is 11.9 Å². The molecule has 0 bridgehead atoms. The number of carbonyl (C=O) groups is 1. The number of carbonyl (C=O) groups excluding carboxylic acids is 1. The Hall–Kier alpha value is -1.51. The number of anilines is 1. The van der Waals surface area contributed by atoms with Gasteiger partial charge in [-0.25, -0.2) is 0 Å². The monoisotopic (exact) mass is 260 g/mol. The molecule has 1 aliphatic carbocycles. The fraction of sp³-hybridized carbons (Fsp3) is 0.562. The maximum absolute atomic E-state index is 12.2. The molecule has 1 aliphatic rings. The molecule has 3 nitrogen and oxygen atoms in total. The number of rotatable bonds is 3. The van der Waals surface area contributed by atoms with Crippen LogP contribution >= 0.6 is 0 Å². The van der Waals surface area contributed by atoms with Gasteiger partial charge in [0.2, 0.25) is 0 Å². The second-order valence-corrected chi connectivity index (χ2v) is 5.79. The van der Waals surface area contributed by atoms with Crippen molar-refractivity contribution in [1.29, 1.82) is 0 Å². The molecule has 19 heavy (non-hydrogen) atoms. The van der Waals surface area contributed by atoms with Crippen LogP contribution in [0, 0.1) is 12.8 Å². The van der Waals surface area contributed by atoms with Crippen molar-refractivity contribution in [2.75, 3.05) is 5.73 Å². The lowest BCUT2D eigenvalue weighted by Gasteiger charge is -2.28. The molecule has 104 valence electrons. The maximum Gasteiger partial charge on any atom is 0.251 e. The molecule has 1 unspecified atom stereocenters. The average molecular weight is 260 g/mol. The Balaban J connectivity index is 1.99. The number of nitrogen functional groups attached to an aromatic ring is 1. The highest BCUT2D eigenvalue weighted by Crippen LogP contribution is 2.26. The normalized spacial score (nSPS) is 18.0. The van der Waals surface area contributed by atoms with E-state index in [0.717, 1.165) is 5.56 Å². The van der Waals surface area contributed by atoms with E-state index in [4.69, 9.17) is 5.73 Å². The molecule has 0 radical (unpaired) electrons. The number of nitrogens with one attached hydrogen (secondary N) is 1. The number of aryl methyl sites for hydroxylation is 1. The van der Waals surface area contributed by atoms with E-state index in [2.05, 4.69) is 12.2 Å². The zero-order chi connectivity index (χ0) is 13.8. The van der Waals surface area contributed by atoms with Gasteiger partial charge in [0.15, 0.2) is 0 Å². The van der Waals surface area contributed by atoms with Crippen LogP contribution in [0.25, 0.3) is 0 Å². The van der Waals surface area contributed by atoms with E-state index in [9.17, 15) is 4.79 Å². The Bertz CT molecular complexity index is 430. The summed E-state index contributed by atoms with van der Waals surface area (Å²) in [5.74, 6) is 0.619. The van der Waals surface area contributed by atoms with Gasteiger partial charge in [0.05, 0.1) is 0 Å². The predicted octanol–water partition coefficient (Wildman–Crippen LogP) is 3.28. The van der Waals surface area contributed by atoms with Gasteiger partial charge in [0.25, 0.3) is 5.91 Å². The predicted molar refractivity (Wildman–Crippen MR) is 79.1 cm³/mol. The van der Waals surface area contributed by atoms with Crippen LogP contribution in [0.3, 0.4) is 0 Å². The van der Waals surface area contributed by atoms with E-state index in [1.165, 1.54) is 32.1 Å². The molecule has 0 aliphatic heterocycles. The maximum atomic E-state index is 12.2. The zero-order valence-corrected chi connectivity index (χ0v) is 11.9. The molecule has 1 saturated carbocycles. The third-order valence-electron chi connectivity index (χ3n) is 4.08. The number of hydrogen-bond acceptors (Lipinski definition) is 2. The summed E-state index contributed by atoms with van der Waals surface area (Å²) in [6.07, 6.45) is 6.39. The molecule has 0 spiro atoms. The van der Waals surface area contributed by atoms with Crippen molar-refractivity contribution in [1.82, 2.24) is 5.32 Å². The van der Waals surface area contributed by atoms with Crippen LogP contribution < -0.4 is 11.1 Å². The molecular weight excluding hydrogens is 236 g/mol. The largest absolute Gasteiger partial charge is 0.399 e. The Kier molecular flexibility index (Phi) is 4.46. The van der Waals surface area contributed by atoms with Gasteiger partial charge in [-0.15, -0.1) is 0 Å². The SMILES string of the molecule is Cc1cc(N)cc(C(=O)NC(C)C2CCCCC2)c1. The summed E-state index contributed by atoms with van der Waals surface area (Å²) >= 11 is 0. The summed E-state index contributed by atoms with van der Waals surface area (Å²) < 4.78 is 0. The lowest BCUT2D eigenvalue weighted by molar-refractivity contribution is 0.0919. The topological polar surface area (TPSA) is 55.1 Å². The molecule has 1 amide bonds. The molecular formula is C16H24N2O. The number of benzene rings is 1. The van der Waals surface area contributed by atoms with Crippen LogP contribution in [0.1, 0.15) is 54.9 Å². The average Bonchev–Trinajstić information content (AvgIpc) is 2.38. The first-order valence-corrected chi connectivity index (χ1v) is 7.24. The van der Waals surface area contributed by atoms with Gasteiger partial charge in [-0.2, -0.15) is 0 Å². The van der Waals surface area contributed by atoms with E-state index in [1.807, 2.05) is 19.1 Å². The Morgan fingerprint density at radius 2 is 1.95 bits per heavy atom. The van der Waals surface area contributed by atoms with Crippen molar-refractivity contribution < 1.29 is 4.79 Å². The first kappa shape index (κ1) is 13.9. The summed E-state index contributed by atoms with van der Waals surface area (Å²) in [6.45, 7) is 4.07. The first-order valence-electron chi connectivity index (χ1n) is 7.24. The molecule has 3 heteroatoms. The van der Waals surface area contributed by atoms with Crippen molar-refractivity contribution in [3.05, 3.63) is 29.3 Å². The molecule has 0 saturated heterocycles. The van der Waals surface area contributed by atoms with Gasteiger partial charge in [-0.1, -0.05) is 19.3 Å². The Morgan fingerprint density at radius 1 is 1.26 bits per heavy atom. The zero-order valence-electron chi connectivity index (χ0n) is 11.9. The fourth-order valence-electron chi connectivity index (χ4n) is 2.99. The van der Waals surface area contributed by atoms with Crippen LogP contribution in [0.4, 0.5) is 5.69 Å². The van der Waals surface area contributed by atoms with Crippen molar-refractivity contribution >= 4 is 11.6 Å². The van der Waals surface area contributed by atoms with Gasteiger partial charge in [0, 0.05) is 17.3 Å². The van der Waals surface area contributed by atoms with E-state index < -0.39 is 0 Å². The summed E-state index contributed by atoms with van der Waals surface area (Å²) in [5, 5.41) is 3.13. The first-order chi connectivity index (χ1) is 9.06. The van der Waals surface area contributed by atoms with Gasteiger partial charge >= 0.3 is 0 Å². The van der Waals surface area contributed by atoms with Crippen molar-refractivity contribution in [3.8, 4) is 0 Å². The van der Waals surface area contributed by atoms with Crippen LogP contribution in [0.2, 0.25) is 0 Å². The summed E-state index contributed by atoms with van der Waals surface area (Å²) in [4.78, 5) is 12.2. The molecule has 3 N–H and O–H groups in total. The highest BCUT2D eigenvalue weighted by molar-refractivity contribution is 5.95. The highest BCUT2D eigenvalue weighted by atomic mass is 16.1. The van der Waals surface area contributed by atoms with Gasteiger partial charge in [0.1, 0.15) is 0 Å². The number of amides is 1. The minimum absolute atomic E-state index is 0.00604. The smallest absolute Gasteiger partial charge is 0.251 e. The third-order valence-corrected chi connectivity index (χ3v) is 4.08. The van der Waals surface area contributed by atoms with Crippen LogP contribution in [0.15, 0.2) is 18.2 Å². The molecule has 1 fully saturated rings. The second-order valence-electron chi connectivity index (χ2n) is 5.79. The fourth-order valence-corrected chi connectivity index (χ4v) is 2.99. The number of nitrogens with two attached hydrogens (primary N) is 1. The third kappa shape index (κ3) is 3.72. The minimum Gasteiger partial charge on any atom is -0.399 e. The molecule has 0 aromatic heterocycles. The molecule has 1 aromatic carbocycles.